The van der Waals surface area contributed by atoms with E-state index in [4.69, 9.17) is 10.5 Å². The van der Waals surface area contributed by atoms with E-state index in [1.165, 1.54) is 4.90 Å². The van der Waals surface area contributed by atoms with Crippen LogP contribution in [0.15, 0.2) is 16.3 Å². The van der Waals surface area contributed by atoms with Gasteiger partial charge in [-0.15, -0.1) is 0 Å². The lowest BCUT2D eigenvalue weighted by atomic mass is 9.92. The van der Waals surface area contributed by atoms with Gasteiger partial charge < -0.3 is 20.5 Å². The zero-order valence-electron chi connectivity index (χ0n) is 15.2. The topological polar surface area (TPSA) is 88.2 Å². The van der Waals surface area contributed by atoms with Crippen LogP contribution in [0.25, 0.3) is 0 Å². The number of nitrogens with zero attached hydrogens (tertiary/aromatic N) is 2. The summed E-state index contributed by atoms with van der Waals surface area (Å²) < 4.78 is 34.5. The Hall–Kier alpha value is -1.70. The monoisotopic (exact) mass is 359 g/mol. The summed E-state index contributed by atoms with van der Waals surface area (Å²) in [5.74, 6) is -3.49. The van der Waals surface area contributed by atoms with Crippen molar-refractivity contribution in [1.82, 2.24) is 4.90 Å². The molecule has 0 aromatic rings. The van der Waals surface area contributed by atoms with Crippen molar-refractivity contribution in [2.24, 2.45) is 10.7 Å². The van der Waals surface area contributed by atoms with Crippen molar-refractivity contribution in [2.45, 2.75) is 70.6 Å². The molecular formula is C17H27F2N3O3. The van der Waals surface area contributed by atoms with Crippen molar-refractivity contribution < 1.29 is 23.4 Å². The Bertz CT molecular complexity index is 596. The number of carbonyl (C=O) groups excluding carboxylic acids is 1. The van der Waals surface area contributed by atoms with E-state index in [0.717, 1.165) is 0 Å². The number of rotatable bonds is 1. The minimum absolute atomic E-state index is 0.0284. The summed E-state index contributed by atoms with van der Waals surface area (Å²) in [5, 5.41) is 9.78. The summed E-state index contributed by atoms with van der Waals surface area (Å²) in [6, 6.07) is -0.275. The van der Waals surface area contributed by atoms with E-state index >= 15 is 0 Å². The highest BCUT2D eigenvalue weighted by Gasteiger charge is 2.48. The minimum Gasteiger partial charge on any atom is -0.444 e. The van der Waals surface area contributed by atoms with E-state index < -0.39 is 29.4 Å². The van der Waals surface area contributed by atoms with Crippen LogP contribution in [0.3, 0.4) is 0 Å². The molecule has 0 spiro atoms. The second kappa shape index (κ2) is 6.90. The third-order valence-corrected chi connectivity index (χ3v) is 4.32. The molecule has 0 aromatic heterocycles. The van der Waals surface area contributed by atoms with Crippen LogP contribution >= 0.6 is 0 Å². The van der Waals surface area contributed by atoms with Crippen LogP contribution in [0.4, 0.5) is 13.6 Å². The van der Waals surface area contributed by atoms with Crippen LogP contribution < -0.4 is 5.73 Å². The molecule has 142 valence electrons. The molecule has 2 heterocycles. The van der Waals surface area contributed by atoms with Gasteiger partial charge in [-0.3, -0.25) is 4.99 Å². The summed E-state index contributed by atoms with van der Waals surface area (Å²) in [7, 11) is 0. The maximum atomic E-state index is 14.6. The summed E-state index contributed by atoms with van der Waals surface area (Å²) >= 11 is 0. The lowest BCUT2D eigenvalue weighted by molar-refractivity contribution is -0.0548. The molecule has 2 aliphatic heterocycles. The normalized spacial score (nSPS) is 27.6. The molecular weight excluding hydrogens is 332 g/mol. The van der Waals surface area contributed by atoms with Gasteiger partial charge in [0.15, 0.2) is 0 Å². The fraction of sp³-hybridized carbons (Fsp3) is 0.765. The first-order valence-electron chi connectivity index (χ1n) is 8.51. The van der Waals surface area contributed by atoms with Gasteiger partial charge in [0.2, 0.25) is 0 Å². The van der Waals surface area contributed by atoms with Gasteiger partial charge in [0.1, 0.15) is 17.4 Å². The van der Waals surface area contributed by atoms with Crippen molar-refractivity contribution in [3.05, 3.63) is 11.3 Å². The largest absolute Gasteiger partial charge is 0.444 e. The number of halogens is 2. The Kier molecular flexibility index (Phi) is 5.41. The zero-order valence-corrected chi connectivity index (χ0v) is 15.2. The molecule has 6 nitrogen and oxygen atoms in total. The van der Waals surface area contributed by atoms with Crippen molar-refractivity contribution in [3.63, 3.8) is 0 Å². The molecule has 2 aliphatic rings. The molecule has 1 amide bonds. The highest BCUT2D eigenvalue weighted by atomic mass is 19.3. The van der Waals surface area contributed by atoms with Crippen LogP contribution in [0.5, 0.6) is 0 Å². The van der Waals surface area contributed by atoms with Gasteiger partial charge in [0.25, 0.3) is 0 Å². The Morgan fingerprint density at radius 2 is 2.08 bits per heavy atom. The molecule has 0 aliphatic carbocycles. The molecule has 0 bridgehead atoms. The number of aliphatic hydroxyl groups excluding tert-OH is 1. The minimum atomic E-state index is -3.49. The molecule has 0 fully saturated rings. The molecule has 1 unspecified atom stereocenters. The lowest BCUT2D eigenvalue weighted by Crippen LogP contribution is -2.50. The average molecular weight is 359 g/mol. The molecule has 2 atom stereocenters. The first-order chi connectivity index (χ1) is 11.4. The molecule has 3 N–H and O–H groups in total. The van der Waals surface area contributed by atoms with E-state index in [9.17, 15) is 18.7 Å². The number of aliphatic imine (C=N–C) groups is 1. The van der Waals surface area contributed by atoms with Crippen molar-refractivity contribution >= 4 is 11.8 Å². The molecule has 2 rings (SSSR count). The van der Waals surface area contributed by atoms with Gasteiger partial charge >= 0.3 is 12.0 Å². The number of amides is 1. The Balaban J connectivity index is 2.32. The van der Waals surface area contributed by atoms with Gasteiger partial charge in [-0.1, -0.05) is 0 Å². The number of nitrogens with two attached hydrogens (primary N) is 1. The third kappa shape index (κ3) is 4.29. The molecule has 0 saturated heterocycles. The van der Waals surface area contributed by atoms with E-state index in [-0.39, 0.29) is 43.2 Å². The highest BCUT2D eigenvalue weighted by molar-refractivity contribution is 6.07. The highest BCUT2D eigenvalue weighted by Crippen LogP contribution is 2.33. The standard InChI is InChI=1S/C17H27F2N3O3/c1-10-8-12(20)11(9-22(10)15(24)25-16(2,3)4)14-17(18,19)13(23)6-5-7-21-14/h10,13,23H,5-9,20H2,1-4H3/t10-,13?/m0/s1. The van der Waals surface area contributed by atoms with E-state index in [2.05, 4.69) is 4.99 Å². The maximum Gasteiger partial charge on any atom is 0.410 e. The van der Waals surface area contributed by atoms with Crippen LogP contribution in [0.2, 0.25) is 0 Å². The number of ether oxygens (including phenoxy) is 1. The predicted octanol–water partition coefficient (Wildman–Crippen LogP) is 2.46. The first kappa shape index (κ1) is 19.6. The number of carbonyl (C=O) groups is 1. The number of alkyl halides is 2. The smallest absolute Gasteiger partial charge is 0.410 e. The summed E-state index contributed by atoms with van der Waals surface area (Å²) in [6.45, 7) is 7.10. The van der Waals surface area contributed by atoms with Gasteiger partial charge in [0.05, 0.1) is 6.54 Å². The molecule has 0 radical (unpaired) electrons. The third-order valence-electron chi connectivity index (χ3n) is 4.32. The molecule has 25 heavy (non-hydrogen) atoms. The lowest BCUT2D eigenvalue weighted by Gasteiger charge is -2.37. The second-order valence-corrected chi connectivity index (χ2v) is 7.68. The van der Waals surface area contributed by atoms with Crippen molar-refractivity contribution in [3.8, 4) is 0 Å². The Morgan fingerprint density at radius 3 is 2.68 bits per heavy atom. The predicted molar refractivity (Wildman–Crippen MR) is 90.7 cm³/mol. The van der Waals surface area contributed by atoms with Gasteiger partial charge in [-0.2, -0.15) is 8.78 Å². The van der Waals surface area contributed by atoms with E-state index in [0.29, 0.717) is 6.42 Å². The van der Waals surface area contributed by atoms with Crippen molar-refractivity contribution in [1.29, 1.82) is 0 Å². The van der Waals surface area contributed by atoms with Gasteiger partial charge in [-0.25, -0.2) is 4.79 Å². The summed E-state index contributed by atoms with van der Waals surface area (Å²) in [5.41, 5.74) is 5.22. The molecule has 0 aromatic carbocycles. The fourth-order valence-electron chi connectivity index (χ4n) is 2.99. The summed E-state index contributed by atoms with van der Waals surface area (Å²) in [4.78, 5) is 17.8. The van der Waals surface area contributed by atoms with Crippen LogP contribution in [-0.2, 0) is 4.74 Å². The number of hydrogen-bond acceptors (Lipinski definition) is 5. The molecule has 0 saturated carbocycles. The van der Waals surface area contributed by atoms with Crippen LogP contribution in [-0.4, -0.2) is 58.6 Å². The first-order valence-corrected chi connectivity index (χ1v) is 8.51. The van der Waals surface area contributed by atoms with Crippen LogP contribution in [0, 0.1) is 0 Å². The second-order valence-electron chi connectivity index (χ2n) is 7.68. The van der Waals surface area contributed by atoms with Gasteiger partial charge in [0, 0.05) is 30.3 Å². The Morgan fingerprint density at radius 1 is 1.44 bits per heavy atom. The Labute approximate surface area is 146 Å². The van der Waals surface area contributed by atoms with E-state index in [1.807, 2.05) is 0 Å². The fourth-order valence-corrected chi connectivity index (χ4v) is 2.99. The van der Waals surface area contributed by atoms with Crippen LogP contribution in [0.1, 0.15) is 47.0 Å². The number of hydrogen-bond donors (Lipinski definition) is 2. The summed E-state index contributed by atoms with van der Waals surface area (Å²) in [6.07, 6.45) is -1.79. The molecule has 8 heteroatoms. The maximum absolute atomic E-state index is 14.6. The van der Waals surface area contributed by atoms with Crippen molar-refractivity contribution in [2.75, 3.05) is 13.1 Å². The number of aliphatic hydroxyl groups is 1. The quantitative estimate of drug-likeness (QED) is 0.753. The average Bonchev–Trinajstić information content (AvgIpc) is 2.57. The SMILES string of the molecule is C[C@H]1CC(N)=C(C2=NCCCC(O)C2(F)F)CN1C(=O)OC(C)(C)C. The van der Waals surface area contributed by atoms with E-state index in [1.54, 1.807) is 27.7 Å². The van der Waals surface area contributed by atoms with Gasteiger partial charge in [-0.05, 0) is 40.5 Å². The zero-order chi connectivity index (χ0) is 19.0.